The molecule has 15 nitrogen and oxygen atoms in total. The van der Waals surface area contributed by atoms with Crippen LogP contribution in [0.3, 0.4) is 0 Å². The number of carbonyl (C=O) groups excluding carboxylic acids is 4. The molecule has 0 fully saturated rings. The van der Waals surface area contributed by atoms with E-state index in [0.29, 0.717) is 24.9 Å². The highest BCUT2D eigenvalue weighted by atomic mass is 16.4. The van der Waals surface area contributed by atoms with Gasteiger partial charge in [-0.25, -0.2) is 4.79 Å². The Morgan fingerprint density at radius 3 is 1.82 bits per heavy atom. The minimum Gasteiger partial charge on any atom is -0.508 e. The number of carboxylic acid groups (broad SMARTS) is 2. The summed E-state index contributed by atoms with van der Waals surface area (Å²) in [7, 11) is 0. The molecule has 0 unspecified atom stereocenters. The van der Waals surface area contributed by atoms with Gasteiger partial charge in [-0.1, -0.05) is 26.0 Å². The predicted octanol–water partition coefficient (Wildman–Crippen LogP) is -0.654. The van der Waals surface area contributed by atoms with Crippen LogP contribution in [0.25, 0.3) is 0 Å². The van der Waals surface area contributed by atoms with Gasteiger partial charge in [0.25, 0.3) is 0 Å². The predicted molar refractivity (Wildman–Crippen MR) is 160 cm³/mol. The zero-order valence-corrected chi connectivity index (χ0v) is 25.4. The molecular formula is C29H46N6O9. The summed E-state index contributed by atoms with van der Waals surface area (Å²) in [6.07, 6.45) is 0.512. The van der Waals surface area contributed by atoms with Crippen molar-refractivity contribution in [2.75, 3.05) is 6.54 Å². The van der Waals surface area contributed by atoms with E-state index >= 15 is 0 Å². The van der Waals surface area contributed by atoms with Crippen LogP contribution in [-0.4, -0.2) is 87.6 Å². The van der Waals surface area contributed by atoms with Crippen molar-refractivity contribution >= 4 is 35.6 Å². The van der Waals surface area contributed by atoms with Gasteiger partial charge in [-0.3, -0.25) is 24.0 Å². The maximum absolute atomic E-state index is 13.3. The third-order valence-corrected chi connectivity index (χ3v) is 6.66. The molecule has 15 heteroatoms. The average Bonchev–Trinajstić information content (AvgIpc) is 2.94. The van der Waals surface area contributed by atoms with Crippen molar-refractivity contribution in [3.05, 3.63) is 29.8 Å². The highest BCUT2D eigenvalue weighted by Crippen LogP contribution is 2.11. The summed E-state index contributed by atoms with van der Waals surface area (Å²) in [5.41, 5.74) is 12.2. The minimum atomic E-state index is -1.39. The van der Waals surface area contributed by atoms with Crippen LogP contribution in [0.5, 0.6) is 5.75 Å². The lowest BCUT2D eigenvalue weighted by atomic mass is 10.0. The van der Waals surface area contributed by atoms with E-state index < -0.39 is 72.2 Å². The van der Waals surface area contributed by atoms with Gasteiger partial charge in [0.2, 0.25) is 23.6 Å². The van der Waals surface area contributed by atoms with Crippen LogP contribution in [0.4, 0.5) is 0 Å². The molecule has 0 aliphatic heterocycles. The van der Waals surface area contributed by atoms with Gasteiger partial charge in [0.05, 0.1) is 6.04 Å². The van der Waals surface area contributed by atoms with E-state index in [0.717, 1.165) is 0 Å². The molecule has 0 aliphatic carbocycles. The molecule has 0 aromatic heterocycles. The number of phenolic OH excluding ortho intramolecular Hbond substituents is 1. The van der Waals surface area contributed by atoms with E-state index in [-0.39, 0.29) is 37.4 Å². The van der Waals surface area contributed by atoms with E-state index in [4.69, 9.17) is 16.6 Å². The van der Waals surface area contributed by atoms with E-state index in [9.17, 15) is 39.0 Å². The number of rotatable bonds is 20. The summed E-state index contributed by atoms with van der Waals surface area (Å²) in [5.74, 6) is -5.51. The van der Waals surface area contributed by atoms with Crippen molar-refractivity contribution in [1.82, 2.24) is 21.3 Å². The van der Waals surface area contributed by atoms with Crippen molar-refractivity contribution in [2.24, 2.45) is 17.4 Å². The molecule has 0 spiro atoms. The SMILES string of the molecule is CC(C)C[C@H](NC(=O)[C@H](CCC(=O)O)NC(=O)[C@H](CCCCN)NC(=O)[C@H](C)NC(=O)[C@@H](N)Cc1ccc(O)cc1)C(=O)O. The Balaban J connectivity index is 2.97. The largest absolute Gasteiger partial charge is 0.508 e. The van der Waals surface area contributed by atoms with Crippen LogP contribution >= 0.6 is 0 Å². The zero-order chi connectivity index (χ0) is 33.4. The van der Waals surface area contributed by atoms with E-state index in [1.54, 1.807) is 26.0 Å². The number of phenols is 1. The lowest BCUT2D eigenvalue weighted by Gasteiger charge is -2.26. The molecule has 0 aliphatic rings. The number of carboxylic acids is 2. The molecule has 5 atom stereocenters. The Morgan fingerprint density at radius 2 is 1.30 bits per heavy atom. The van der Waals surface area contributed by atoms with Crippen LogP contribution in [0, 0.1) is 5.92 Å². The number of unbranched alkanes of at least 4 members (excludes halogenated alkanes) is 1. The number of benzene rings is 1. The van der Waals surface area contributed by atoms with Crippen molar-refractivity contribution in [3.8, 4) is 5.75 Å². The van der Waals surface area contributed by atoms with E-state index in [1.165, 1.54) is 19.1 Å². The molecule has 0 bridgehead atoms. The molecule has 1 aromatic carbocycles. The molecular weight excluding hydrogens is 576 g/mol. The van der Waals surface area contributed by atoms with E-state index in [1.807, 2.05) is 0 Å². The first kappa shape index (κ1) is 37.8. The molecule has 246 valence electrons. The maximum atomic E-state index is 13.3. The second-order valence-electron chi connectivity index (χ2n) is 11.1. The van der Waals surface area contributed by atoms with Crippen molar-refractivity contribution in [3.63, 3.8) is 0 Å². The van der Waals surface area contributed by atoms with Gasteiger partial charge < -0.3 is 48.1 Å². The fraction of sp³-hybridized carbons (Fsp3) is 0.586. The summed E-state index contributed by atoms with van der Waals surface area (Å²) >= 11 is 0. The molecule has 44 heavy (non-hydrogen) atoms. The van der Waals surface area contributed by atoms with Crippen LogP contribution < -0.4 is 32.7 Å². The summed E-state index contributed by atoms with van der Waals surface area (Å²) < 4.78 is 0. The second-order valence-corrected chi connectivity index (χ2v) is 11.1. The number of nitrogens with two attached hydrogens (primary N) is 2. The smallest absolute Gasteiger partial charge is 0.326 e. The van der Waals surface area contributed by atoms with Gasteiger partial charge in [-0.2, -0.15) is 0 Å². The molecule has 0 saturated carbocycles. The molecule has 0 saturated heterocycles. The average molecular weight is 623 g/mol. The fourth-order valence-electron chi connectivity index (χ4n) is 4.20. The first-order valence-corrected chi connectivity index (χ1v) is 14.5. The number of hydrogen-bond acceptors (Lipinski definition) is 9. The van der Waals surface area contributed by atoms with Crippen LogP contribution in [-0.2, 0) is 35.2 Å². The number of nitrogens with one attached hydrogen (secondary N) is 4. The van der Waals surface area contributed by atoms with Gasteiger partial charge in [0.15, 0.2) is 0 Å². The number of amides is 4. The topological polar surface area (TPSA) is 263 Å². The molecule has 1 rings (SSSR count). The Hall–Kier alpha value is -4.24. The van der Waals surface area contributed by atoms with Crippen molar-refractivity contribution in [2.45, 2.75) is 95.9 Å². The van der Waals surface area contributed by atoms with Gasteiger partial charge in [-0.05, 0) is 75.6 Å². The number of carbonyl (C=O) groups is 6. The molecule has 0 radical (unpaired) electrons. The van der Waals surface area contributed by atoms with Gasteiger partial charge in [0.1, 0.15) is 29.9 Å². The third kappa shape index (κ3) is 14.3. The first-order chi connectivity index (χ1) is 20.6. The van der Waals surface area contributed by atoms with Crippen LogP contribution in [0.2, 0.25) is 0 Å². The summed E-state index contributed by atoms with van der Waals surface area (Å²) in [6.45, 7) is 5.27. The van der Waals surface area contributed by atoms with Gasteiger partial charge >= 0.3 is 11.9 Å². The lowest BCUT2D eigenvalue weighted by Crippen LogP contribution is -2.58. The Morgan fingerprint density at radius 1 is 0.750 bits per heavy atom. The van der Waals surface area contributed by atoms with Crippen LogP contribution in [0.1, 0.15) is 64.9 Å². The van der Waals surface area contributed by atoms with Gasteiger partial charge in [0, 0.05) is 6.42 Å². The highest BCUT2D eigenvalue weighted by Gasteiger charge is 2.31. The molecule has 1 aromatic rings. The van der Waals surface area contributed by atoms with Crippen molar-refractivity contribution in [1.29, 1.82) is 0 Å². The summed E-state index contributed by atoms with van der Waals surface area (Å²) in [5, 5.41) is 37.9. The zero-order valence-electron chi connectivity index (χ0n) is 25.4. The monoisotopic (exact) mass is 622 g/mol. The van der Waals surface area contributed by atoms with Gasteiger partial charge in [-0.15, -0.1) is 0 Å². The first-order valence-electron chi connectivity index (χ1n) is 14.5. The summed E-state index contributed by atoms with van der Waals surface area (Å²) in [4.78, 5) is 74.7. The Labute approximate surface area is 256 Å². The number of aliphatic carboxylic acids is 2. The second kappa shape index (κ2) is 19.1. The quantitative estimate of drug-likeness (QED) is 0.0825. The number of aromatic hydroxyl groups is 1. The number of hydrogen-bond donors (Lipinski definition) is 9. The molecule has 0 heterocycles. The molecule has 11 N–H and O–H groups in total. The summed E-state index contributed by atoms with van der Waals surface area (Å²) in [6, 6.07) is 0.209. The normalized spacial score (nSPS) is 14.4. The lowest BCUT2D eigenvalue weighted by molar-refractivity contribution is -0.143. The third-order valence-electron chi connectivity index (χ3n) is 6.66. The van der Waals surface area contributed by atoms with Crippen molar-refractivity contribution < 1.29 is 44.1 Å². The highest BCUT2D eigenvalue weighted by molar-refractivity contribution is 5.95. The Bertz CT molecular complexity index is 1130. The Kier molecular flexibility index (Phi) is 16.4. The minimum absolute atomic E-state index is 0.0616. The maximum Gasteiger partial charge on any atom is 0.326 e. The van der Waals surface area contributed by atoms with E-state index in [2.05, 4.69) is 21.3 Å². The standard InChI is InChI=1S/C29H46N6O9/c1-16(2)14-23(29(43)44)35-28(42)22(11-12-24(37)38)34-27(41)21(6-4-5-13-30)33-25(39)17(3)32-26(40)20(31)15-18-7-9-19(36)10-8-18/h7-10,16-17,20-23,36H,4-6,11-15,30-31H2,1-3H3,(H,32,40)(H,33,39)(H,34,41)(H,35,42)(H,37,38)(H,43,44)/t17-,20-,21-,22-,23-/m0/s1. The van der Waals surface area contributed by atoms with Crippen LogP contribution in [0.15, 0.2) is 24.3 Å². The fourth-order valence-corrected chi connectivity index (χ4v) is 4.20. The molecule has 4 amide bonds.